The lowest BCUT2D eigenvalue weighted by Crippen LogP contribution is -2.38. The molecule has 0 amide bonds. The highest BCUT2D eigenvalue weighted by Crippen LogP contribution is 2.32. The van der Waals surface area contributed by atoms with Gasteiger partial charge in [-0.1, -0.05) is 11.6 Å². The van der Waals surface area contributed by atoms with Gasteiger partial charge in [0.1, 0.15) is 0 Å². The number of fused-ring (bicyclic) bond motifs is 1. The van der Waals surface area contributed by atoms with Crippen molar-refractivity contribution in [3.05, 3.63) is 28.7 Å². The second kappa shape index (κ2) is 7.94. The molecule has 1 saturated carbocycles. The summed E-state index contributed by atoms with van der Waals surface area (Å²) >= 11 is 5.88. The standard InChI is InChI=1S/C14H16ClF3N6.HI/c1-19-13(20-5-8-2-3-8)21-6-11-22-23-12-10(15)4-9(7-24(11)12)14(16,17)18;/h4,7-8H,2-3,5-6H2,1H3,(H2,19,20,21);1H. The minimum absolute atomic E-state index is 0. The second-order valence-electron chi connectivity index (χ2n) is 5.63. The van der Waals surface area contributed by atoms with E-state index in [0.29, 0.717) is 17.7 Å². The van der Waals surface area contributed by atoms with Gasteiger partial charge in [-0.3, -0.25) is 9.39 Å². The number of aromatic nitrogens is 3. The minimum atomic E-state index is -4.49. The highest BCUT2D eigenvalue weighted by molar-refractivity contribution is 14.0. The van der Waals surface area contributed by atoms with Crippen LogP contribution in [0.25, 0.3) is 5.65 Å². The fourth-order valence-electron chi connectivity index (χ4n) is 2.22. The molecule has 2 N–H and O–H groups in total. The van der Waals surface area contributed by atoms with Crippen molar-refractivity contribution in [2.24, 2.45) is 10.9 Å². The molecule has 1 aliphatic carbocycles. The van der Waals surface area contributed by atoms with Crippen LogP contribution < -0.4 is 10.6 Å². The molecule has 0 saturated heterocycles. The van der Waals surface area contributed by atoms with E-state index in [1.165, 1.54) is 17.2 Å². The van der Waals surface area contributed by atoms with Crippen LogP contribution >= 0.6 is 35.6 Å². The Bertz CT molecular complexity index is 772. The van der Waals surface area contributed by atoms with Crippen LogP contribution in [0.15, 0.2) is 17.3 Å². The summed E-state index contributed by atoms with van der Waals surface area (Å²) in [6.07, 6.45) is -1.14. The zero-order valence-electron chi connectivity index (χ0n) is 13.3. The number of hydrogen-bond donors (Lipinski definition) is 2. The third-order valence-corrected chi connectivity index (χ3v) is 4.03. The summed E-state index contributed by atoms with van der Waals surface area (Å²) in [5, 5.41) is 13.8. The van der Waals surface area contributed by atoms with Crippen LogP contribution in [-0.4, -0.2) is 34.2 Å². The topological polar surface area (TPSA) is 66.6 Å². The number of hydrogen-bond acceptors (Lipinski definition) is 3. The Labute approximate surface area is 164 Å². The molecule has 0 unspecified atom stereocenters. The Hall–Kier alpha value is -1.30. The van der Waals surface area contributed by atoms with Crippen LogP contribution in [0, 0.1) is 5.92 Å². The summed E-state index contributed by atoms with van der Waals surface area (Å²) < 4.78 is 40.0. The van der Waals surface area contributed by atoms with Gasteiger partial charge in [0.2, 0.25) is 0 Å². The third-order valence-electron chi connectivity index (χ3n) is 3.75. The van der Waals surface area contributed by atoms with Crippen molar-refractivity contribution in [3.63, 3.8) is 0 Å². The van der Waals surface area contributed by atoms with E-state index in [4.69, 9.17) is 11.6 Å². The van der Waals surface area contributed by atoms with Gasteiger partial charge in [0.15, 0.2) is 17.4 Å². The highest BCUT2D eigenvalue weighted by Gasteiger charge is 2.32. The van der Waals surface area contributed by atoms with E-state index in [2.05, 4.69) is 25.8 Å². The number of nitrogens with one attached hydrogen (secondary N) is 2. The summed E-state index contributed by atoms with van der Waals surface area (Å²) in [4.78, 5) is 4.07. The maximum Gasteiger partial charge on any atom is 0.417 e. The average molecular weight is 489 g/mol. The summed E-state index contributed by atoms with van der Waals surface area (Å²) in [7, 11) is 1.63. The van der Waals surface area contributed by atoms with Gasteiger partial charge in [-0.25, -0.2) is 0 Å². The van der Waals surface area contributed by atoms with E-state index in [1.807, 2.05) is 0 Å². The molecule has 0 radical (unpaired) electrons. The highest BCUT2D eigenvalue weighted by atomic mass is 127. The first-order valence-corrected chi connectivity index (χ1v) is 7.81. The number of alkyl halides is 3. The molecule has 0 aliphatic heterocycles. The van der Waals surface area contributed by atoms with Crippen molar-refractivity contribution in [1.29, 1.82) is 0 Å². The van der Waals surface area contributed by atoms with Gasteiger partial charge in [0, 0.05) is 19.8 Å². The van der Waals surface area contributed by atoms with Crippen LogP contribution in [-0.2, 0) is 12.7 Å². The van der Waals surface area contributed by atoms with E-state index >= 15 is 0 Å². The first-order valence-electron chi connectivity index (χ1n) is 7.43. The van der Waals surface area contributed by atoms with Crippen molar-refractivity contribution in [2.45, 2.75) is 25.6 Å². The zero-order valence-corrected chi connectivity index (χ0v) is 16.4. The van der Waals surface area contributed by atoms with Crippen LogP contribution in [0.3, 0.4) is 0 Å². The number of halogens is 5. The summed E-state index contributed by atoms with van der Waals surface area (Å²) in [6.45, 7) is 0.994. The van der Waals surface area contributed by atoms with Crippen LogP contribution in [0.4, 0.5) is 13.2 Å². The Kier molecular flexibility index (Phi) is 6.35. The largest absolute Gasteiger partial charge is 0.417 e. The molecule has 1 aliphatic rings. The van der Waals surface area contributed by atoms with Crippen LogP contribution in [0.1, 0.15) is 24.2 Å². The van der Waals surface area contributed by atoms with E-state index in [0.717, 1.165) is 18.8 Å². The first kappa shape index (κ1) is 20.0. The molecule has 138 valence electrons. The molecule has 2 aromatic heterocycles. The van der Waals surface area contributed by atoms with Gasteiger partial charge in [-0.05, 0) is 24.8 Å². The van der Waals surface area contributed by atoms with E-state index in [9.17, 15) is 13.2 Å². The van der Waals surface area contributed by atoms with Crippen molar-refractivity contribution in [3.8, 4) is 0 Å². The zero-order chi connectivity index (χ0) is 17.3. The first-order chi connectivity index (χ1) is 11.4. The van der Waals surface area contributed by atoms with E-state index < -0.39 is 11.7 Å². The lowest BCUT2D eigenvalue weighted by atomic mass is 10.3. The van der Waals surface area contributed by atoms with Crippen LogP contribution in [0.2, 0.25) is 5.02 Å². The molecule has 2 heterocycles. The van der Waals surface area contributed by atoms with Crippen molar-refractivity contribution >= 4 is 47.2 Å². The summed E-state index contributed by atoms with van der Waals surface area (Å²) in [5.74, 6) is 1.55. The molecule has 0 spiro atoms. The molecule has 25 heavy (non-hydrogen) atoms. The van der Waals surface area contributed by atoms with Gasteiger partial charge in [-0.2, -0.15) is 13.2 Å². The number of rotatable bonds is 4. The smallest absolute Gasteiger partial charge is 0.356 e. The quantitative estimate of drug-likeness (QED) is 0.394. The Morgan fingerprint density at radius 1 is 1.36 bits per heavy atom. The third kappa shape index (κ3) is 4.87. The fourth-order valence-corrected chi connectivity index (χ4v) is 2.47. The van der Waals surface area contributed by atoms with Crippen molar-refractivity contribution < 1.29 is 13.2 Å². The average Bonchev–Trinajstić information content (AvgIpc) is 3.26. The normalized spacial score (nSPS) is 15.2. The molecular formula is C14H17ClF3IN6. The van der Waals surface area contributed by atoms with Crippen molar-refractivity contribution in [1.82, 2.24) is 25.2 Å². The number of guanidine groups is 1. The molecule has 2 aromatic rings. The molecular weight excluding hydrogens is 472 g/mol. The molecule has 3 rings (SSSR count). The maximum absolute atomic E-state index is 12.9. The Balaban J connectivity index is 0.00000225. The minimum Gasteiger partial charge on any atom is -0.356 e. The SMILES string of the molecule is CN=C(NCc1nnc2c(Cl)cc(C(F)(F)F)cn12)NCC1CC1.I. The molecule has 0 aromatic carbocycles. The van der Waals surface area contributed by atoms with E-state index in [-0.39, 0.29) is 41.2 Å². The van der Waals surface area contributed by atoms with Gasteiger partial charge in [0.05, 0.1) is 17.1 Å². The summed E-state index contributed by atoms with van der Waals surface area (Å²) in [6, 6.07) is 0.846. The monoisotopic (exact) mass is 488 g/mol. The molecule has 1 fully saturated rings. The number of nitrogens with zero attached hydrogens (tertiary/aromatic N) is 4. The van der Waals surface area contributed by atoms with Crippen molar-refractivity contribution in [2.75, 3.05) is 13.6 Å². The molecule has 6 nitrogen and oxygen atoms in total. The molecule has 11 heteroatoms. The Morgan fingerprint density at radius 2 is 2.08 bits per heavy atom. The maximum atomic E-state index is 12.9. The second-order valence-corrected chi connectivity index (χ2v) is 6.04. The Morgan fingerprint density at radius 3 is 2.68 bits per heavy atom. The van der Waals surface area contributed by atoms with Gasteiger partial charge in [-0.15, -0.1) is 34.2 Å². The van der Waals surface area contributed by atoms with Gasteiger partial charge < -0.3 is 10.6 Å². The molecule has 0 bridgehead atoms. The van der Waals surface area contributed by atoms with E-state index in [1.54, 1.807) is 7.05 Å². The summed E-state index contributed by atoms with van der Waals surface area (Å²) in [5.41, 5.74) is -0.667. The number of pyridine rings is 1. The van der Waals surface area contributed by atoms with Gasteiger partial charge in [0.25, 0.3) is 0 Å². The predicted molar refractivity (Wildman–Crippen MR) is 99.3 cm³/mol. The number of aliphatic imine (C=N–C) groups is 1. The lowest BCUT2D eigenvalue weighted by Gasteiger charge is -2.11. The lowest BCUT2D eigenvalue weighted by molar-refractivity contribution is -0.137. The van der Waals surface area contributed by atoms with Crippen LogP contribution in [0.5, 0.6) is 0 Å². The molecule has 0 atom stereocenters. The predicted octanol–water partition coefficient (Wildman–Crippen LogP) is 3.09. The fraction of sp³-hybridized carbons (Fsp3) is 0.500. The van der Waals surface area contributed by atoms with Gasteiger partial charge >= 0.3 is 6.18 Å².